The average Bonchev–Trinajstić information content (AvgIpc) is 2.60. The molecule has 1 heterocycles. The second-order valence-corrected chi connectivity index (χ2v) is 9.76. The zero-order valence-electron chi connectivity index (χ0n) is 16.3. The van der Waals surface area contributed by atoms with E-state index in [1.165, 1.54) is 44.9 Å². The van der Waals surface area contributed by atoms with Crippen molar-refractivity contribution < 1.29 is 14.9 Å². The molecule has 5 nitrogen and oxygen atoms in total. The van der Waals surface area contributed by atoms with Gasteiger partial charge in [-0.25, -0.2) is 0 Å². The summed E-state index contributed by atoms with van der Waals surface area (Å²) in [6.07, 6.45) is 9.69. The summed E-state index contributed by atoms with van der Waals surface area (Å²) in [5.41, 5.74) is 0.586. The van der Waals surface area contributed by atoms with Gasteiger partial charge in [-0.15, -0.1) is 0 Å². The lowest BCUT2D eigenvalue weighted by Gasteiger charge is -2.57. The molecule has 5 fully saturated rings. The van der Waals surface area contributed by atoms with Crippen LogP contribution in [-0.4, -0.2) is 85.2 Å². The molecule has 1 atom stereocenters. The van der Waals surface area contributed by atoms with Gasteiger partial charge in [0.05, 0.1) is 19.3 Å². The minimum atomic E-state index is -0.379. The number of rotatable bonds is 9. The number of aliphatic hydroxyl groups excluding tert-OH is 2. The van der Waals surface area contributed by atoms with E-state index in [-0.39, 0.29) is 12.7 Å². The van der Waals surface area contributed by atoms with Crippen molar-refractivity contribution in [1.29, 1.82) is 0 Å². The van der Waals surface area contributed by atoms with Crippen LogP contribution in [0.1, 0.15) is 44.9 Å². The molecule has 4 bridgehead atoms. The lowest BCUT2D eigenvalue weighted by atomic mass is 9.49. The Labute approximate surface area is 158 Å². The number of nitrogens with zero attached hydrogens (tertiary/aromatic N) is 2. The number of piperazine rings is 1. The molecule has 1 aliphatic heterocycles. The molecule has 150 valence electrons. The van der Waals surface area contributed by atoms with Crippen LogP contribution in [-0.2, 0) is 4.74 Å². The SMILES string of the molecule is OCCN1CCN(CC(O)COCCC23CC4CC(CC(C4)C2)C3)CC1. The molecule has 1 unspecified atom stereocenters. The third-order valence-corrected chi connectivity index (χ3v) is 7.60. The van der Waals surface area contributed by atoms with Gasteiger partial charge in [-0.05, 0) is 68.1 Å². The number of hydrogen-bond donors (Lipinski definition) is 2. The van der Waals surface area contributed by atoms with Crippen LogP contribution in [0.3, 0.4) is 0 Å². The molecule has 0 spiro atoms. The molecule has 0 aromatic carbocycles. The summed E-state index contributed by atoms with van der Waals surface area (Å²) in [6, 6.07) is 0. The highest BCUT2D eigenvalue weighted by Crippen LogP contribution is 2.61. The van der Waals surface area contributed by atoms with Crippen LogP contribution in [0, 0.1) is 23.2 Å². The Morgan fingerprint density at radius 2 is 1.50 bits per heavy atom. The normalized spacial score (nSPS) is 38.8. The van der Waals surface area contributed by atoms with Gasteiger partial charge in [-0.2, -0.15) is 0 Å². The second kappa shape index (κ2) is 8.44. The monoisotopic (exact) mass is 366 g/mol. The van der Waals surface area contributed by atoms with Gasteiger partial charge in [-0.1, -0.05) is 0 Å². The van der Waals surface area contributed by atoms with Crippen molar-refractivity contribution in [2.24, 2.45) is 23.2 Å². The minimum Gasteiger partial charge on any atom is -0.395 e. The zero-order chi connectivity index (χ0) is 18.0. The predicted molar refractivity (Wildman–Crippen MR) is 102 cm³/mol. The summed E-state index contributed by atoms with van der Waals surface area (Å²) >= 11 is 0. The summed E-state index contributed by atoms with van der Waals surface area (Å²) in [4.78, 5) is 4.60. The van der Waals surface area contributed by atoms with Gasteiger partial charge in [0.1, 0.15) is 0 Å². The Bertz CT molecular complexity index is 415. The Hall–Kier alpha value is -0.200. The van der Waals surface area contributed by atoms with Crippen LogP contribution in [0.4, 0.5) is 0 Å². The third-order valence-electron chi connectivity index (χ3n) is 7.60. The molecule has 0 radical (unpaired) electrons. The average molecular weight is 367 g/mol. The highest BCUT2D eigenvalue weighted by Gasteiger charge is 2.50. The molecule has 0 aromatic heterocycles. The lowest BCUT2D eigenvalue weighted by Crippen LogP contribution is -2.49. The van der Waals surface area contributed by atoms with E-state index in [1.807, 2.05) is 0 Å². The number of aliphatic hydroxyl groups is 2. The number of ether oxygens (including phenoxy) is 1. The van der Waals surface area contributed by atoms with E-state index in [4.69, 9.17) is 9.84 Å². The Morgan fingerprint density at radius 3 is 2.08 bits per heavy atom. The maximum absolute atomic E-state index is 10.3. The molecule has 0 amide bonds. The smallest absolute Gasteiger partial charge is 0.0900 e. The third kappa shape index (κ3) is 4.61. The fraction of sp³-hybridized carbons (Fsp3) is 1.00. The topological polar surface area (TPSA) is 56.2 Å². The highest BCUT2D eigenvalue weighted by atomic mass is 16.5. The largest absolute Gasteiger partial charge is 0.395 e. The van der Waals surface area contributed by atoms with Crippen molar-refractivity contribution in [3.63, 3.8) is 0 Å². The molecular formula is C21H38N2O3. The summed E-state index contributed by atoms with van der Waals surface area (Å²) in [6.45, 7) is 6.94. The summed E-state index contributed by atoms with van der Waals surface area (Å²) in [5.74, 6) is 3.03. The first-order valence-electron chi connectivity index (χ1n) is 11.0. The van der Waals surface area contributed by atoms with Gasteiger partial charge < -0.3 is 14.9 Å². The number of β-amino-alcohol motifs (C(OH)–C–C–N with tert-alkyl or cyclic N) is 2. The van der Waals surface area contributed by atoms with Crippen molar-refractivity contribution in [1.82, 2.24) is 9.80 Å². The van der Waals surface area contributed by atoms with Crippen LogP contribution in [0.5, 0.6) is 0 Å². The molecule has 1 saturated heterocycles. The van der Waals surface area contributed by atoms with Crippen molar-refractivity contribution in [3.8, 4) is 0 Å². The molecule has 26 heavy (non-hydrogen) atoms. The van der Waals surface area contributed by atoms with Crippen LogP contribution in [0.25, 0.3) is 0 Å². The van der Waals surface area contributed by atoms with Crippen molar-refractivity contribution in [3.05, 3.63) is 0 Å². The van der Waals surface area contributed by atoms with Crippen LogP contribution >= 0.6 is 0 Å². The van der Waals surface area contributed by atoms with Gasteiger partial charge in [-0.3, -0.25) is 9.80 Å². The van der Waals surface area contributed by atoms with Crippen LogP contribution in [0.2, 0.25) is 0 Å². The van der Waals surface area contributed by atoms with Crippen molar-refractivity contribution >= 4 is 0 Å². The lowest BCUT2D eigenvalue weighted by molar-refractivity contribution is -0.0744. The van der Waals surface area contributed by atoms with Crippen LogP contribution < -0.4 is 0 Å². The molecule has 5 aliphatic rings. The standard InChI is InChI=1S/C21H38N2O3/c24-7-6-22-2-4-23(5-3-22)15-20(25)16-26-8-1-21-12-17-9-18(13-21)11-19(10-17)14-21/h17-20,24-25H,1-16H2. The minimum absolute atomic E-state index is 0.236. The molecule has 5 heteroatoms. The summed E-state index contributed by atoms with van der Waals surface area (Å²) in [5, 5.41) is 19.3. The first kappa shape index (κ1) is 19.1. The summed E-state index contributed by atoms with van der Waals surface area (Å²) < 4.78 is 5.92. The van der Waals surface area contributed by atoms with Gasteiger partial charge in [0.2, 0.25) is 0 Å². The molecular weight excluding hydrogens is 328 g/mol. The van der Waals surface area contributed by atoms with Gasteiger partial charge in [0.25, 0.3) is 0 Å². The fourth-order valence-corrected chi connectivity index (χ4v) is 6.79. The molecule has 4 saturated carbocycles. The second-order valence-electron chi connectivity index (χ2n) is 9.76. The molecule has 2 N–H and O–H groups in total. The van der Waals surface area contributed by atoms with Gasteiger partial charge >= 0.3 is 0 Å². The Balaban J connectivity index is 1.11. The Morgan fingerprint density at radius 1 is 0.923 bits per heavy atom. The summed E-state index contributed by atoms with van der Waals surface area (Å²) in [7, 11) is 0. The van der Waals surface area contributed by atoms with E-state index in [2.05, 4.69) is 9.80 Å². The van der Waals surface area contributed by atoms with E-state index in [9.17, 15) is 5.11 Å². The van der Waals surface area contributed by atoms with Gasteiger partial charge in [0, 0.05) is 45.9 Å². The first-order valence-corrected chi connectivity index (χ1v) is 11.0. The van der Waals surface area contributed by atoms with E-state index < -0.39 is 0 Å². The maximum atomic E-state index is 10.3. The maximum Gasteiger partial charge on any atom is 0.0900 e. The fourth-order valence-electron chi connectivity index (χ4n) is 6.79. The van der Waals surface area contributed by atoms with Gasteiger partial charge in [0.15, 0.2) is 0 Å². The van der Waals surface area contributed by atoms with E-state index in [0.717, 1.165) is 57.1 Å². The van der Waals surface area contributed by atoms with E-state index >= 15 is 0 Å². The molecule has 4 aliphatic carbocycles. The zero-order valence-corrected chi connectivity index (χ0v) is 16.3. The van der Waals surface area contributed by atoms with E-state index in [0.29, 0.717) is 18.6 Å². The Kier molecular flexibility index (Phi) is 6.21. The van der Waals surface area contributed by atoms with Crippen LogP contribution in [0.15, 0.2) is 0 Å². The van der Waals surface area contributed by atoms with Crippen molar-refractivity contribution in [2.45, 2.75) is 51.0 Å². The molecule has 0 aromatic rings. The predicted octanol–water partition coefficient (Wildman–Crippen LogP) is 1.58. The molecule has 5 rings (SSSR count). The van der Waals surface area contributed by atoms with E-state index in [1.54, 1.807) is 0 Å². The van der Waals surface area contributed by atoms with Crippen molar-refractivity contribution in [2.75, 3.05) is 59.1 Å². The highest BCUT2D eigenvalue weighted by molar-refractivity contribution is 5.01. The quantitative estimate of drug-likeness (QED) is 0.607. The first-order chi connectivity index (χ1) is 12.6. The number of hydrogen-bond acceptors (Lipinski definition) is 5.